The molecule has 14 heavy (non-hydrogen) atoms. The number of phenols is 1. The van der Waals surface area contributed by atoms with E-state index in [-0.39, 0.29) is 11.3 Å². The van der Waals surface area contributed by atoms with Gasteiger partial charge in [0.25, 0.3) is 6.43 Å². The molecular formula is C8H7Br2F2NO. The summed E-state index contributed by atoms with van der Waals surface area (Å²) in [5, 5.41) is 9.51. The minimum absolute atomic E-state index is 0.00868. The van der Waals surface area contributed by atoms with Crippen LogP contribution in [0.5, 0.6) is 5.75 Å². The molecule has 0 fully saturated rings. The molecule has 0 aliphatic rings. The third-order valence-electron chi connectivity index (χ3n) is 1.72. The molecule has 1 aromatic rings. The van der Waals surface area contributed by atoms with Gasteiger partial charge in [-0.05, 0) is 28.1 Å². The van der Waals surface area contributed by atoms with Crippen molar-refractivity contribution in [1.29, 1.82) is 0 Å². The van der Waals surface area contributed by atoms with Gasteiger partial charge in [0.1, 0.15) is 5.75 Å². The lowest BCUT2D eigenvalue weighted by atomic mass is 10.1. The van der Waals surface area contributed by atoms with Crippen LogP contribution >= 0.6 is 31.9 Å². The highest BCUT2D eigenvalue weighted by molar-refractivity contribution is 9.11. The zero-order valence-electron chi connectivity index (χ0n) is 6.85. The number of nitrogens with two attached hydrogens (primary N) is 1. The fourth-order valence-corrected chi connectivity index (χ4v) is 1.93. The average Bonchev–Trinajstić information content (AvgIpc) is 2.12. The van der Waals surface area contributed by atoms with Crippen LogP contribution in [0.15, 0.2) is 21.1 Å². The first-order chi connectivity index (χ1) is 6.45. The lowest BCUT2D eigenvalue weighted by Crippen LogP contribution is -2.19. The highest BCUT2D eigenvalue weighted by Gasteiger charge is 2.24. The summed E-state index contributed by atoms with van der Waals surface area (Å²) < 4.78 is 25.4. The van der Waals surface area contributed by atoms with E-state index in [0.717, 1.165) is 0 Å². The third-order valence-corrected chi connectivity index (χ3v) is 3.05. The normalized spacial score (nSPS) is 13.3. The van der Waals surface area contributed by atoms with E-state index in [2.05, 4.69) is 31.9 Å². The number of halogens is 4. The smallest absolute Gasteiger partial charge is 0.257 e. The van der Waals surface area contributed by atoms with Gasteiger partial charge in [0.15, 0.2) is 0 Å². The molecule has 0 unspecified atom stereocenters. The van der Waals surface area contributed by atoms with Crippen molar-refractivity contribution in [2.75, 3.05) is 0 Å². The Morgan fingerprint density at radius 1 is 1.21 bits per heavy atom. The molecule has 0 aromatic heterocycles. The molecular weight excluding hydrogens is 324 g/mol. The van der Waals surface area contributed by atoms with E-state index in [9.17, 15) is 13.9 Å². The molecule has 0 saturated carbocycles. The average molecular weight is 331 g/mol. The van der Waals surface area contributed by atoms with Crippen LogP contribution < -0.4 is 5.73 Å². The van der Waals surface area contributed by atoms with Crippen LogP contribution in [-0.4, -0.2) is 11.5 Å². The first-order valence-electron chi connectivity index (χ1n) is 3.65. The largest absolute Gasteiger partial charge is 0.506 e. The summed E-state index contributed by atoms with van der Waals surface area (Å²) in [4.78, 5) is 0. The molecule has 0 bridgehead atoms. The summed E-state index contributed by atoms with van der Waals surface area (Å²) in [5.41, 5.74) is 5.26. The Hall–Kier alpha value is -0.200. The third kappa shape index (κ3) is 2.24. The fourth-order valence-electron chi connectivity index (χ4n) is 1.000. The minimum atomic E-state index is -2.72. The molecule has 0 aliphatic carbocycles. The number of aromatic hydroxyl groups is 1. The molecule has 0 saturated heterocycles. The molecule has 0 aliphatic heterocycles. The summed E-state index contributed by atoms with van der Waals surface area (Å²) in [6, 6.07) is 1.59. The first-order valence-corrected chi connectivity index (χ1v) is 5.24. The van der Waals surface area contributed by atoms with Crippen LogP contribution in [-0.2, 0) is 0 Å². The van der Waals surface area contributed by atoms with Gasteiger partial charge >= 0.3 is 0 Å². The summed E-state index contributed by atoms with van der Waals surface area (Å²) >= 11 is 6.08. The standard InChI is InChI=1S/C8H7Br2F2NO/c9-3-1-2-4(10)7(14)5(3)6(13)8(11)12/h1-2,6,8,14H,13H2/t6-/m1/s1. The SMILES string of the molecule is N[C@H](c1c(Br)ccc(Br)c1O)C(F)F. The summed E-state index contributed by atoms with van der Waals surface area (Å²) in [5.74, 6) is -0.257. The van der Waals surface area contributed by atoms with Crippen molar-refractivity contribution >= 4 is 31.9 Å². The van der Waals surface area contributed by atoms with Gasteiger partial charge in [-0.3, -0.25) is 0 Å². The maximum Gasteiger partial charge on any atom is 0.257 e. The Morgan fingerprint density at radius 2 is 1.71 bits per heavy atom. The van der Waals surface area contributed by atoms with E-state index in [1.807, 2.05) is 0 Å². The van der Waals surface area contributed by atoms with Gasteiger partial charge in [0, 0.05) is 10.0 Å². The number of hydrogen-bond donors (Lipinski definition) is 2. The summed E-state index contributed by atoms with van der Waals surface area (Å²) in [6.07, 6.45) is -2.72. The van der Waals surface area contributed by atoms with E-state index in [1.165, 1.54) is 0 Å². The summed E-state index contributed by atoms with van der Waals surface area (Å²) in [6.45, 7) is 0. The van der Waals surface area contributed by atoms with Crippen molar-refractivity contribution < 1.29 is 13.9 Å². The lowest BCUT2D eigenvalue weighted by Gasteiger charge is -2.15. The number of rotatable bonds is 2. The van der Waals surface area contributed by atoms with Crippen LogP contribution in [0.3, 0.4) is 0 Å². The molecule has 0 radical (unpaired) electrons. The van der Waals surface area contributed by atoms with Crippen molar-refractivity contribution in [3.05, 3.63) is 26.6 Å². The van der Waals surface area contributed by atoms with Gasteiger partial charge in [-0.15, -0.1) is 0 Å². The Morgan fingerprint density at radius 3 is 2.21 bits per heavy atom. The lowest BCUT2D eigenvalue weighted by molar-refractivity contribution is 0.115. The Labute approximate surface area is 96.4 Å². The van der Waals surface area contributed by atoms with Gasteiger partial charge in [-0.25, -0.2) is 8.78 Å². The van der Waals surface area contributed by atoms with Gasteiger partial charge in [0.2, 0.25) is 0 Å². The van der Waals surface area contributed by atoms with Crippen molar-refractivity contribution in [3.63, 3.8) is 0 Å². The van der Waals surface area contributed by atoms with Crippen LogP contribution in [0.2, 0.25) is 0 Å². The van der Waals surface area contributed by atoms with E-state index in [0.29, 0.717) is 8.95 Å². The quantitative estimate of drug-likeness (QED) is 0.874. The van der Waals surface area contributed by atoms with E-state index < -0.39 is 12.5 Å². The predicted octanol–water partition coefficient (Wildman–Crippen LogP) is 3.18. The molecule has 0 amide bonds. The topological polar surface area (TPSA) is 46.2 Å². The number of benzene rings is 1. The molecule has 3 N–H and O–H groups in total. The molecule has 2 nitrogen and oxygen atoms in total. The van der Waals surface area contributed by atoms with Crippen LogP contribution in [0.4, 0.5) is 8.78 Å². The first kappa shape index (κ1) is 11.9. The van der Waals surface area contributed by atoms with E-state index in [1.54, 1.807) is 12.1 Å². The van der Waals surface area contributed by atoms with Crippen molar-refractivity contribution in [3.8, 4) is 5.75 Å². The zero-order valence-corrected chi connectivity index (χ0v) is 10.0. The monoisotopic (exact) mass is 329 g/mol. The molecule has 6 heteroatoms. The Bertz CT molecular complexity index is 346. The maximum absolute atomic E-state index is 12.3. The molecule has 1 aromatic carbocycles. The molecule has 78 valence electrons. The predicted molar refractivity (Wildman–Crippen MR) is 56.4 cm³/mol. The van der Waals surface area contributed by atoms with Crippen molar-refractivity contribution in [2.45, 2.75) is 12.5 Å². The highest BCUT2D eigenvalue weighted by Crippen LogP contribution is 2.38. The minimum Gasteiger partial charge on any atom is -0.506 e. The van der Waals surface area contributed by atoms with Crippen LogP contribution in [0.1, 0.15) is 11.6 Å². The molecule has 1 rings (SSSR count). The second kappa shape index (κ2) is 4.55. The van der Waals surface area contributed by atoms with Gasteiger partial charge < -0.3 is 10.8 Å². The number of phenolic OH excluding ortho intramolecular Hbond substituents is 1. The van der Waals surface area contributed by atoms with Crippen molar-refractivity contribution in [2.24, 2.45) is 5.73 Å². The molecule has 0 heterocycles. The van der Waals surface area contributed by atoms with Crippen LogP contribution in [0.25, 0.3) is 0 Å². The molecule has 1 atom stereocenters. The summed E-state index contributed by atoms with van der Waals surface area (Å²) in [7, 11) is 0. The van der Waals surface area contributed by atoms with E-state index >= 15 is 0 Å². The Kier molecular flexibility index (Phi) is 3.86. The number of alkyl halides is 2. The number of hydrogen-bond acceptors (Lipinski definition) is 2. The highest BCUT2D eigenvalue weighted by atomic mass is 79.9. The van der Waals surface area contributed by atoms with Crippen LogP contribution in [0, 0.1) is 0 Å². The van der Waals surface area contributed by atoms with E-state index in [4.69, 9.17) is 5.73 Å². The second-order valence-corrected chi connectivity index (χ2v) is 4.36. The van der Waals surface area contributed by atoms with Gasteiger partial charge in [-0.2, -0.15) is 0 Å². The molecule has 0 spiro atoms. The Balaban J connectivity index is 3.25. The van der Waals surface area contributed by atoms with Gasteiger partial charge in [0.05, 0.1) is 10.5 Å². The second-order valence-electron chi connectivity index (χ2n) is 2.65. The van der Waals surface area contributed by atoms with Crippen molar-refractivity contribution in [1.82, 2.24) is 0 Å². The zero-order chi connectivity index (χ0) is 10.9. The van der Waals surface area contributed by atoms with Gasteiger partial charge in [-0.1, -0.05) is 15.9 Å². The fraction of sp³-hybridized carbons (Fsp3) is 0.250. The maximum atomic E-state index is 12.3.